The summed E-state index contributed by atoms with van der Waals surface area (Å²) < 4.78 is 0.623. The van der Waals surface area contributed by atoms with E-state index in [1.807, 2.05) is 6.07 Å². The van der Waals surface area contributed by atoms with E-state index in [2.05, 4.69) is 0 Å². The molecule has 1 aromatic rings. The molecule has 0 spiro atoms. The summed E-state index contributed by atoms with van der Waals surface area (Å²) in [6.45, 7) is 0. The molecule has 0 heterocycles. The normalized spacial score (nSPS) is 15.5. The Morgan fingerprint density at radius 1 is 0.818 bits per heavy atom. The SMILES string of the molecule is Cl[As](Cl)(Cl)(Cl)c1ccccc1. The average Bonchev–Trinajstić information content (AvgIpc) is 1.86. The van der Waals surface area contributed by atoms with E-state index in [9.17, 15) is 0 Å². The van der Waals surface area contributed by atoms with E-state index in [0.717, 1.165) is 0 Å². The van der Waals surface area contributed by atoms with Crippen molar-refractivity contribution in [2.24, 2.45) is 0 Å². The zero-order valence-electron chi connectivity index (χ0n) is 5.35. The summed E-state index contributed by atoms with van der Waals surface area (Å²) in [5, 5.41) is 0. The van der Waals surface area contributed by atoms with Crippen molar-refractivity contribution in [2.75, 3.05) is 0 Å². The first-order valence-corrected chi connectivity index (χ1v) is 13.6. The Morgan fingerprint density at radius 2 is 1.27 bits per heavy atom. The fourth-order valence-electron chi connectivity index (χ4n) is 0.653. The Kier molecular flexibility index (Phi) is 2.74. The summed E-state index contributed by atoms with van der Waals surface area (Å²) in [5.41, 5.74) is 0. The van der Waals surface area contributed by atoms with Gasteiger partial charge < -0.3 is 0 Å². The molecule has 0 aliphatic rings. The van der Waals surface area contributed by atoms with Gasteiger partial charge in [-0.1, -0.05) is 0 Å². The second-order valence-electron chi connectivity index (χ2n) is 2.06. The fourth-order valence-corrected chi connectivity index (χ4v) is 4.30. The van der Waals surface area contributed by atoms with E-state index in [0.29, 0.717) is 4.35 Å². The number of hydrogen-bond acceptors (Lipinski definition) is 0. The maximum atomic E-state index is 5.79. The molecule has 0 N–H and O–H groups in total. The van der Waals surface area contributed by atoms with Crippen LogP contribution in [0.15, 0.2) is 30.3 Å². The standard InChI is InChI=1S/C6H5AsCl4/c8-7(9,10,11)6-4-2-1-3-5-6/h1-5H. The van der Waals surface area contributed by atoms with Crippen LogP contribution in [0, 0.1) is 0 Å². The molecule has 0 fully saturated rings. The van der Waals surface area contributed by atoms with E-state index in [1.54, 1.807) is 24.3 Å². The third-order valence-corrected chi connectivity index (χ3v) is 7.47. The molecule has 0 saturated carbocycles. The van der Waals surface area contributed by atoms with Crippen LogP contribution in [0.5, 0.6) is 0 Å². The zero-order chi connectivity index (χ0) is 8.56. The molecule has 5 heteroatoms. The van der Waals surface area contributed by atoms with Gasteiger partial charge in [0.15, 0.2) is 0 Å². The second kappa shape index (κ2) is 3.01. The van der Waals surface area contributed by atoms with Gasteiger partial charge in [-0.05, 0) is 0 Å². The van der Waals surface area contributed by atoms with Gasteiger partial charge in [0, 0.05) is 0 Å². The van der Waals surface area contributed by atoms with E-state index >= 15 is 0 Å². The molecule has 0 bridgehead atoms. The summed E-state index contributed by atoms with van der Waals surface area (Å²) in [6, 6.07) is 8.90. The van der Waals surface area contributed by atoms with Crippen molar-refractivity contribution in [3.8, 4) is 0 Å². The molecule has 0 saturated heterocycles. The van der Waals surface area contributed by atoms with Crippen molar-refractivity contribution in [1.29, 1.82) is 0 Å². The minimum atomic E-state index is -4.12. The van der Waals surface area contributed by atoms with Crippen molar-refractivity contribution in [3.05, 3.63) is 30.3 Å². The molecule has 62 valence electrons. The first kappa shape index (κ1) is 10.0. The second-order valence-corrected chi connectivity index (χ2v) is 25.6. The number of benzene rings is 1. The topological polar surface area (TPSA) is 0 Å². The van der Waals surface area contributed by atoms with Gasteiger partial charge in [-0.25, -0.2) is 0 Å². The van der Waals surface area contributed by atoms with E-state index < -0.39 is 8.69 Å². The van der Waals surface area contributed by atoms with Crippen LogP contribution in [0.1, 0.15) is 0 Å². The van der Waals surface area contributed by atoms with Crippen molar-refractivity contribution in [3.63, 3.8) is 0 Å². The molecule has 0 unspecified atom stereocenters. The molecule has 0 nitrogen and oxygen atoms in total. The van der Waals surface area contributed by atoms with Gasteiger partial charge >= 0.3 is 83.2 Å². The van der Waals surface area contributed by atoms with Gasteiger partial charge in [0.1, 0.15) is 0 Å². The molecule has 11 heavy (non-hydrogen) atoms. The summed E-state index contributed by atoms with van der Waals surface area (Å²) in [7, 11) is 19.0. The number of rotatable bonds is 1. The van der Waals surface area contributed by atoms with Crippen LogP contribution in [-0.4, -0.2) is 8.69 Å². The van der Waals surface area contributed by atoms with E-state index in [4.69, 9.17) is 39.8 Å². The monoisotopic (exact) mass is 292 g/mol. The van der Waals surface area contributed by atoms with Gasteiger partial charge in [-0.3, -0.25) is 0 Å². The summed E-state index contributed by atoms with van der Waals surface area (Å²) in [6.07, 6.45) is 0. The Balaban J connectivity index is 3.14. The minimum absolute atomic E-state index is 0.623. The molecular weight excluding hydrogens is 289 g/mol. The van der Waals surface area contributed by atoms with Crippen LogP contribution in [-0.2, 0) is 0 Å². The summed E-state index contributed by atoms with van der Waals surface area (Å²) in [4.78, 5) is 0. The molecule has 0 amide bonds. The molecule has 0 aromatic heterocycles. The first-order chi connectivity index (χ1) is 4.86. The third-order valence-electron chi connectivity index (χ3n) is 1.15. The van der Waals surface area contributed by atoms with Crippen molar-refractivity contribution in [1.82, 2.24) is 0 Å². The van der Waals surface area contributed by atoms with Crippen molar-refractivity contribution >= 4 is 52.8 Å². The molecule has 1 aromatic carbocycles. The Labute approximate surface area is 82.7 Å². The van der Waals surface area contributed by atoms with Crippen molar-refractivity contribution < 1.29 is 0 Å². The molecule has 1 rings (SSSR count). The first-order valence-electron chi connectivity index (χ1n) is 2.81. The van der Waals surface area contributed by atoms with Crippen LogP contribution >= 0.6 is 39.8 Å². The quantitative estimate of drug-likeness (QED) is 0.698. The van der Waals surface area contributed by atoms with Crippen LogP contribution in [0.25, 0.3) is 0 Å². The number of halogens is 4. The van der Waals surface area contributed by atoms with E-state index in [-0.39, 0.29) is 0 Å². The van der Waals surface area contributed by atoms with Crippen LogP contribution in [0.3, 0.4) is 0 Å². The maximum absolute atomic E-state index is 5.79. The fraction of sp³-hybridized carbons (Fsp3) is 0. The van der Waals surface area contributed by atoms with Gasteiger partial charge in [0.2, 0.25) is 0 Å². The van der Waals surface area contributed by atoms with Crippen LogP contribution in [0.2, 0.25) is 0 Å². The Hall–Kier alpha value is 0.938. The molecule has 0 aliphatic heterocycles. The zero-order valence-corrected chi connectivity index (χ0v) is 10.2. The van der Waals surface area contributed by atoms with Gasteiger partial charge in [-0.15, -0.1) is 0 Å². The van der Waals surface area contributed by atoms with Gasteiger partial charge in [0.25, 0.3) is 0 Å². The molecule has 0 aliphatic carbocycles. The van der Waals surface area contributed by atoms with E-state index in [1.165, 1.54) is 0 Å². The predicted octanol–water partition coefficient (Wildman–Crippen LogP) is 3.24. The Morgan fingerprint density at radius 3 is 1.55 bits per heavy atom. The molecular formula is C6H5AsCl4. The van der Waals surface area contributed by atoms with Crippen LogP contribution in [0.4, 0.5) is 0 Å². The van der Waals surface area contributed by atoms with Crippen LogP contribution < -0.4 is 4.35 Å². The average molecular weight is 294 g/mol. The van der Waals surface area contributed by atoms with Gasteiger partial charge in [0.05, 0.1) is 0 Å². The summed E-state index contributed by atoms with van der Waals surface area (Å²) in [5.74, 6) is 0. The van der Waals surface area contributed by atoms with Crippen molar-refractivity contribution in [2.45, 2.75) is 0 Å². The molecule has 0 atom stereocenters. The third kappa shape index (κ3) is 3.05. The predicted molar refractivity (Wildman–Crippen MR) is 55.2 cm³/mol. The number of hydrogen-bond donors (Lipinski definition) is 0. The van der Waals surface area contributed by atoms with Gasteiger partial charge in [-0.2, -0.15) is 0 Å². The summed E-state index contributed by atoms with van der Waals surface area (Å²) >= 11 is 0. The Bertz CT molecular complexity index is 241. The molecule has 0 radical (unpaired) electrons.